The molecule has 1 aromatic carbocycles. The Morgan fingerprint density at radius 1 is 1.28 bits per heavy atom. The van der Waals surface area contributed by atoms with Crippen LogP contribution < -0.4 is 0 Å². The van der Waals surface area contributed by atoms with Crippen LogP contribution in [0.25, 0.3) is 11.0 Å². The highest BCUT2D eigenvalue weighted by Gasteiger charge is 2.08. The lowest BCUT2D eigenvalue weighted by Gasteiger charge is -2.02. The number of hydrogen-bond acceptors (Lipinski definition) is 3. The van der Waals surface area contributed by atoms with Gasteiger partial charge in [-0.1, -0.05) is 28.4 Å². The molecule has 0 radical (unpaired) electrons. The number of benzene rings is 1. The first kappa shape index (κ1) is 13.1. The minimum atomic E-state index is -0.784. The van der Waals surface area contributed by atoms with Crippen LogP contribution in [0.3, 0.4) is 0 Å². The van der Waals surface area contributed by atoms with E-state index in [0.29, 0.717) is 28.5 Å². The molecule has 0 aliphatic heterocycles. The smallest absolute Gasteiger partial charge is 0.303 e. The van der Waals surface area contributed by atoms with Crippen molar-refractivity contribution in [2.75, 3.05) is 0 Å². The van der Waals surface area contributed by atoms with Crippen LogP contribution in [-0.2, 0) is 11.3 Å². The zero-order valence-electron chi connectivity index (χ0n) is 9.44. The normalized spacial score (nSPS) is 11.0. The van der Waals surface area contributed by atoms with E-state index in [1.54, 1.807) is 16.8 Å². The summed E-state index contributed by atoms with van der Waals surface area (Å²) in [5, 5.41) is 17.4. The lowest BCUT2D eigenvalue weighted by molar-refractivity contribution is -0.137. The van der Waals surface area contributed by atoms with E-state index in [4.69, 9.17) is 28.3 Å². The molecule has 0 aliphatic carbocycles. The average molecular weight is 288 g/mol. The van der Waals surface area contributed by atoms with E-state index >= 15 is 0 Å². The van der Waals surface area contributed by atoms with Crippen molar-refractivity contribution < 1.29 is 9.90 Å². The Balaban J connectivity index is 2.09. The van der Waals surface area contributed by atoms with Crippen LogP contribution in [0.15, 0.2) is 12.1 Å². The van der Waals surface area contributed by atoms with E-state index < -0.39 is 5.97 Å². The summed E-state index contributed by atoms with van der Waals surface area (Å²) in [5.41, 5.74) is 1.49. The summed E-state index contributed by atoms with van der Waals surface area (Å²) in [6, 6.07) is 3.39. The number of halogens is 2. The van der Waals surface area contributed by atoms with Gasteiger partial charge in [0.25, 0.3) is 0 Å². The fraction of sp³-hybridized carbons (Fsp3) is 0.364. The topological polar surface area (TPSA) is 68.0 Å². The second-order valence-electron chi connectivity index (χ2n) is 3.92. The minimum absolute atomic E-state index is 0.166. The van der Waals surface area contributed by atoms with Crippen LogP contribution in [-0.4, -0.2) is 26.1 Å². The number of aryl methyl sites for hydroxylation is 1. The quantitative estimate of drug-likeness (QED) is 0.859. The molecule has 96 valence electrons. The molecule has 0 fully saturated rings. The van der Waals surface area contributed by atoms with Crippen molar-refractivity contribution >= 4 is 40.2 Å². The van der Waals surface area contributed by atoms with Gasteiger partial charge in [0.15, 0.2) is 0 Å². The van der Waals surface area contributed by atoms with Gasteiger partial charge in [-0.25, -0.2) is 4.68 Å². The molecule has 0 spiro atoms. The first-order chi connectivity index (χ1) is 8.58. The monoisotopic (exact) mass is 287 g/mol. The second-order valence-corrected chi connectivity index (χ2v) is 4.73. The molecule has 0 atom stereocenters. The van der Waals surface area contributed by atoms with Crippen molar-refractivity contribution in [2.45, 2.75) is 25.8 Å². The van der Waals surface area contributed by atoms with Gasteiger partial charge in [-0.15, -0.1) is 5.10 Å². The summed E-state index contributed by atoms with van der Waals surface area (Å²) in [6.45, 7) is 0.613. The number of rotatable bonds is 5. The van der Waals surface area contributed by atoms with Crippen molar-refractivity contribution in [2.24, 2.45) is 0 Å². The van der Waals surface area contributed by atoms with Crippen LogP contribution in [0.1, 0.15) is 19.3 Å². The Hall–Kier alpha value is -1.33. The molecule has 1 N–H and O–H groups in total. The highest BCUT2D eigenvalue weighted by molar-refractivity contribution is 6.42. The molecular weight excluding hydrogens is 277 g/mol. The Bertz CT molecular complexity index is 583. The molecule has 1 aromatic heterocycles. The van der Waals surface area contributed by atoms with Gasteiger partial charge in [-0.05, 0) is 25.0 Å². The predicted molar refractivity (Wildman–Crippen MR) is 69.0 cm³/mol. The van der Waals surface area contributed by atoms with Crippen LogP contribution >= 0.6 is 23.2 Å². The summed E-state index contributed by atoms with van der Waals surface area (Å²) in [5.74, 6) is -0.784. The predicted octanol–water partition coefficient (Wildman–Crippen LogP) is 2.99. The molecule has 18 heavy (non-hydrogen) atoms. The molecule has 0 saturated carbocycles. The zero-order chi connectivity index (χ0) is 13.1. The molecular formula is C11H11Cl2N3O2. The van der Waals surface area contributed by atoms with E-state index in [9.17, 15) is 4.79 Å². The number of unbranched alkanes of at least 4 members (excludes halogenated alkanes) is 1. The van der Waals surface area contributed by atoms with Gasteiger partial charge in [0.2, 0.25) is 0 Å². The average Bonchev–Trinajstić information content (AvgIpc) is 2.68. The van der Waals surface area contributed by atoms with E-state index in [-0.39, 0.29) is 6.42 Å². The molecule has 0 bridgehead atoms. The standard InChI is InChI=1S/C11H11Cl2N3O2/c12-7-5-9-10(6-8(7)13)16(15-14-9)4-2-1-3-11(17)18/h5-6H,1-4H2,(H,17,18). The summed E-state index contributed by atoms with van der Waals surface area (Å²) in [7, 11) is 0. The lowest BCUT2D eigenvalue weighted by atomic mass is 10.2. The van der Waals surface area contributed by atoms with Crippen molar-refractivity contribution in [1.29, 1.82) is 0 Å². The Kier molecular flexibility index (Phi) is 4.04. The number of nitrogens with zero attached hydrogens (tertiary/aromatic N) is 3. The Morgan fingerprint density at radius 2 is 2.00 bits per heavy atom. The van der Waals surface area contributed by atoms with Gasteiger partial charge in [0.05, 0.1) is 15.6 Å². The summed E-state index contributed by atoms with van der Waals surface area (Å²) < 4.78 is 1.71. The molecule has 5 nitrogen and oxygen atoms in total. The van der Waals surface area contributed by atoms with Crippen LogP contribution in [0.4, 0.5) is 0 Å². The first-order valence-electron chi connectivity index (χ1n) is 5.48. The van der Waals surface area contributed by atoms with Gasteiger partial charge in [-0.3, -0.25) is 4.79 Å². The second kappa shape index (κ2) is 5.54. The highest BCUT2D eigenvalue weighted by Crippen LogP contribution is 2.26. The van der Waals surface area contributed by atoms with E-state index in [0.717, 1.165) is 11.9 Å². The van der Waals surface area contributed by atoms with Gasteiger partial charge in [0.1, 0.15) is 5.52 Å². The number of carboxylic acid groups (broad SMARTS) is 1. The van der Waals surface area contributed by atoms with Gasteiger partial charge < -0.3 is 5.11 Å². The minimum Gasteiger partial charge on any atom is -0.481 e. The Labute approximate surface area is 113 Å². The maximum Gasteiger partial charge on any atom is 0.303 e. The fourth-order valence-corrected chi connectivity index (χ4v) is 1.98. The molecule has 7 heteroatoms. The Morgan fingerprint density at radius 3 is 2.72 bits per heavy atom. The molecule has 2 aromatic rings. The number of aromatic nitrogens is 3. The fourth-order valence-electron chi connectivity index (χ4n) is 1.67. The zero-order valence-corrected chi connectivity index (χ0v) is 10.9. The molecule has 0 amide bonds. The van der Waals surface area contributed by atoms with E-state index in [1.165, 1.54) is 0 Å². The van der Waals surface area contributed by atoms with Gasteiger partial charge in [0, 0.05) is 13.0 Å². The number of hydrogen-bond donors (Lipinski definition) is 1. The van der Waals surface area contributed by atoms with Gasteiger partial charge >= 0.3 is 5.97 Å². The third-order valence-electron chi connectivity index (χ3n) is 2.57. The van der Waals surface area contributed by atoms with Crippen molar-refractivity contribution in [3.8, 4) is 0 Å². The SMILES string of the molecule is O=C(O)CCCCn1nnc2cc(Cl)c(Cl)cc21. The summed E-state index contributed by atoms with van der Waals surface area (Å²) in [4.78, 5) is 10.4. The molecule has 0 saturated heterocycles. The third kappa shape index (κ3) is 2.91. The van der Waals surface area contributed by atoms with Crippen LogP contribution in [0.2, 0.25) is 10.0 Å². The third-order valence-corrected chi connectivity index (χ3v) is 3.29. The summed E-state index contributed by atoms with van der Waals surface area (Å²) >= 11 is 11.8. The maximum atomic E-state index is 10.4. The molecule has 1 heterocycles. The lowest BCUT2D eigenvalue weighted by Crippen LogP contribution is -2.02. The number of carboxylic acids is 1. The van der Waals surface area contributed by atoms with E-state index in [1.807, 2.05) is 0 Å². The maximum absolute atomic E-state index is 10.4. The van der Waals surface area contributed by atoms with Crippen molar-refractivity contribution in [3.63, 3.8) is 0 Å². The largest absolute Gasteiger partial charge is 0.481 e. The molecule has 0 unspecified atom stereocenters. The highest BCUT2D eigenvalue weighted by atomic mass is 35.5. The first-order valence-corrected chi connectivity index (χ1v) is 6.23. The number of aliphatic carboxylic acids is 1. The summed E-state index contributed by atoms with van der Waals surface area (Å²) in [6.07, 6.45) is 1.50. The van der Waals surface area contributed by atoms with Crippen LogP contribution in [0, 0.1) is 0 Å². The van der Waals surface area contributed by atoms with Gasteiger partial charge in [-0.2, -0.15) is 0 Å². The number of carbonyl (C=O) groups is 1. The molecule has 0 aliphatic rings. The van der Waals surface area contributed by atoms with Crippen molar-refractivity contribution in [3.05, 3.63) is 22.2 Å². The van der Waals surface area contributed by atoms with E-state index in [2.05, 4.69) is 10.3 Å². The molecule has 2 rings (SSSR count). The number of fused-ring (bicyclic) bond motifs is 1. The van der Waals surface area contributed by atoms with Crippen LogP contribution in [0.5, 0.6) is 0 Å². The van der Waals surface area contributed by atoms with Crippen molar-refractivity contribution in [1.82, 2.24) is 15.0 Å².